The first-order valence-electron chi connectivity index (χ1n) is 15.3. The number of aldehydes is 1. The number of phenolic OH excluding ortho intramolecular Hbond substituents is 2. The molecule has 0 spiro atoms. The number of ether oxygens (including phenoxy) is 4. The number of fused-ring (bicyclic) bond motifs is 5. The topological polar surface area (TPSA) is 253 Å². The normalized spacial score (nSPS) is 31.6. The zero-order valence-corrected chi connectivity index (χ0v) is 27.3. The molecule has 4 aliphatic rings. The lowest BCUT2D eigenvalue weighted by molar-refractivity contribution is -0.203. The summed E-state index contributed by atoms with van der Waals surface area (Å²) in [5, 5.41) is 60.0. The zero-order valence-electron chi connectivity index (χ0n) is 27.3. The highest BCUT2D eigenvalue weighted by Gasteiger charge is 2.72. The van der Waals surface area contributed by atoms with Gasteiger partial charge in [-0.25, -0.2) is 4.79 Å². The number of hydrogen-bond acceptors (Lipinski definition) is 16. The van der Waals surface area contributed by atoms with Crippen LogP contribution in [0.3, 0.4) is 0 Å². The van der Waals surface area contributed by atoms with Gasteiger partial charge in [-0.1, -0.05) is 6.07 Å². The zero-order chi connectivity index (χ0) is 36.8. The third-order valence-corrected chi connectivity index (χ3v) is 10.2. The van der Waals surface area contributed by atoms with E-state index in [4.69, 9.17) is 18.9 Å². The minimum Gasteiger partial charge on any atom is -0.507 e. The third kappa shape index (κ3) is 4.33. The quantitative estimate of drug-likeness (QED) is 0.165. The molecule has 8 atom stereocenters. The van der Waals surface area contributed by atoms with E-state index in [2.05, 4.69) is 5.32 Å². The highest BCUT2D eigenvalue weighted by molar-refractivity contribution is 6.31. The number of esters is 1. The molecule has 2 aromatic carbocycles. The summed E-state index contributed by atoms with van der Waals surface area (Å²) in [5.74, 6) is -9.16. The first-order valence-corrected chi connectivity index (χ1v) is 15.3. The van der Waals surface area contributed by atoms with Crippen LogP contribution in [-0.2, 0) is 35.8 Å². The summed E-state index contributed by atoms with van der Waals surface area (Å²) in [5.41, 5.74) is -10.5. The van der Waals surface area contributed by atoms with Crippen molar-refractivity contribution in [1.29, 1.82) is 0 Å². The van der Waals surface area contributed by atoms with Gasteiger partial charge in [-0.15, -0.1) is 0 Å². The standard InChI is InChI=1S/C34H33NO15/c1-11-6-13-7-19(38)34(49-5)30(44)22-15(29(43)33(34,46)23(13)27(42)20(11)32(45)48-4)8-14-21(26(22)41)18(37)9-17(24(14)39)35-31-16(10-36)25(40)28(47-3)12(2)50-31/h6,8-10,12,16,19,25,28,31,35,38,40-42,46H,7H2,1-5H3/t12-,16+,19+,25-,28-,31-,33-,34+/m0/s1. The number of methoxy groups -OCH3 is 3. The molecule has 0 aromatic heterocycles. The van der Waals surface area contributed by atoms with Crippen molar-refractivity contribution in [3.63, 3.8) is 0 Å². The van der Waals surface area contributed by atoms with Crippen LogP contribution in [0.25, 0.3) is 0 Å². The van der Waals surface area contributed by atoms with Gasteiger partial charge >= 0.3 is 5.97 Å². The van der Waals surface area contributed by atoms with Crippen molar-refractivity contribution in [2.24, 2.45) is 5.92 Å². The molecule has 2 aromatic rings. The van der Waals surface area contributed by atoms with Gasteiger partial charge in [-0.2, -0.15) is 0 Å². The van der Waals surface area contributed by atoms with E-state index < -0.39 is 134 Å². The van der Waals surface area contributed by atoms with Crippen LogP contribution in [0.1, 0.15) is 75.4 Å². The number of aliphatic hydroxyl groups excluding tert-OH is 2. The second-order valence-corrected chi connectivity index (χ2v) is 12.6. The molecule has 0 unspecified atom stereocenters. The Balaban J connectivity index is 1.52. The van der Waals surface area contributed by atoms with Gasteiger partial charge in [0.25, 0.3) is 0 Å². The lowest BCUT2D eigenvalue weighted by Crippen LogP contribution is -2.73. The number of phenols is 2. The molecule has 0 amide bonds. The van der Waals surface area contributed by atoms with Gasteiger partial charge in [0.05, 0.1) is 48.2 Å². The molecular formula is C34H33NO15. The molecule has 50 heavy (non-hydrogen) atoms. The molecule has 264 valence electrons. The Morgan fingerprint density at radius 2 is 1.70 bits per heavy atom. The van der Waals surface area contributed by atoms with E-state index in [0.29, 0.717) is 6.29 Å². The molecule has 3 aliphatic carbocycles. The molecule has 1 heterocycles. The Kier molecular flexibility index (Phi) is 8.33. The van der Waals surface area contributed by atoms with E-state index in [1.807, 2.05) is 0 Å². The predicted molar refractivity (Wildman–Crippen MR) is 165 cm³/mol. The maximum absolute atomic E-state index is 14.6. The number of Topliss-reactive ketones (excluding diaryl/α,β-unsaturated/α-hetero) is 3. The number of aryl methyl sites for hydroxylation is 1. The van der Waals surface area contributed by atoms with Gasteiger partial charge in [0.1, 0.15) is 35.7 Å². The fraction of sp³-hybridized carbons (Fsp3) is 0.412. The van der Waals surface area contributed by atoms with Crippen LogP contribution in [-0.4, -0.2) is 118 Å². The lowest BCUT2D eigenvalue weighted by atomic mass is 9.56. The number of aromatic hydroxyl groups is 2. The summed E-state index contributed by atoms with van der Waals surface area (Å²) >= 11 is 0. The van der Waals surface area contributed by atoms with E-state index in [1.165, 1.54) is 20.1 Å². The number of carbonyl (C=O) groups excluding carboxylic acids is 6. The fourth-order valence-electron chi connectivity index (χ4n) is 7.80. The number of allylic oxidation sites excluding steroid dienone is 2. The Morgan fingerprint density at radius 3 is 2.30 bits per heavy atom. The summed E-state index contributed by atoms with van der Waals surface area (Å²) in [6.07, 6.45) is -5.65. The van der Waals surface area contributed by atoms with Gasteiger partial charge in [-0.3, -0.25) is 19.2 Å². The van der Waals surface area contributed by atoms with Crippen LogP contribution < -0.4 is 5.32 Å². The van der Waals surface area contributed by atoms with Gasteiger partial charge < -0.3 is 54.6 Å². The maximum atomic E-state index is 14.6. The van der Waals surface area contributed by atoms with Crippen LogP contribution in [0.5, 0.6) is 11.5 Å². The first kappa shape index (κ1) is 35.0. The number of carbonyl (C=O) groups is 6. The summed E-state index contributed by atoms with van der Waals surface area (Å²) < 4.78 is 21.2. The highest BCUT2D eigenvalue weighted by atomic mass is 16.6. The molecule has 6 rings (SSSR count). The first-order chi connectivity index (χ1) is 23.6. The number of hydrogen-bond donors (Lipinski definition) is 6. The molecule has 1 aliphatic heterocycles. The molecule has 16 nitrogen and oxygen atoms in total. The van der Waals surface area contributed by atoms with Crippen LogP contribution in [0.2, 0.25) is 0 Å². The second kappa shape index (κ2) is 11.9. The average molecular weight is 696 g/mol. The largest absolute Gasteiger partial charge is 0.507 e. The highest BCUT2D eigenvalue weighted by Crippen LogP contribution is 2.56. The molecule has 1 fully saturated rings. The summed E-state index contributed by atoms with van der Waals surface area (Å²) in [7, 11) is 3.25. The summed E-state index contributed by atoms with van der Waals surface area (Å²) in [6, 6.07) is 2.12. The van der Waals surface area contributed by atoms with Crippen LogP contribution in [0.4, 0.5) is 0 Å². The van der Waals surface area contributed by atoms with Crippen molar-refractivity contribution < 1.29 is 73.2 Å². The average Bonchev–Trinajstić information content (AvgIpc) is 3.05. The van der Waals surface area contributed by atoms with Crippen molar-refractivity contribution in [1.82, 2.24) is 5.32 Å². The van der Waals surface area contributed by atoms with Crippen molar-refractivity contribution in [2.45, 2.75) is 62.1 Å². The molecule has 16 heteroatoms. The van der Waals surface area contributed by atoms with Gasteiger partial charge in [0.15, 0.2) is 17.0 Å². The number of rotatable bonds is 6. The summed E-state index contributed by atoms with van der Waals surface area (Å²) in [6.45, 7) is 2.99. The van der Waals surface area contributed by atoms with Crippen molar-refractivity contribution >= 4 is 35.4 Å². The number of benzene rings is 2. The van der Waals surface area contributed by atoms with E-state index >= 15 is 0 Å². The number of aliphatic hydroxyl groups is 3. The Bertz CT molecular complexity index is 1950. The van der Waals surface area contributed by atoms with Gasteiger partial charge in [-0.05, 0) is 31.0 Å². The lowest BCUT2D eigenvalue weighted by Gasteiger charge is -2.52. The predicted octanol–water partition coefficient (Wildman–Crippen LogP) is -0.450. The minimum absolute atomic E-state index is 0.0212. The monoisotopic (exact) mass is 695 g/mol. The van der Waals surface area contributed by atoms with E-state index in [9.17, 15) is 54.3 Å². The molecule has 0 radical (unpaired) electrons. The molecular weight excluding hydrogens is 662 g/mol. The van der Waals surface area contributed by atoms with Crippen LogP contribution >= 0.6 is 0 Å². The van der Waals surface area contributed by atoms with E-state index in [-0.39, 0.29) is 11.1 Å². The maximum Gasteiger partial charge on any atom is 0.341 e. The van der Waals surface area contributed by atoms with Crippen molar-refractivity contribution in [3.05, 3.63) is 68.4 Å². The SMILES string of the molecule is COC(=O)c1c(C)cc2c(c1O)[C@]1(O)C(=O)c3cc4c(c(O)c3C(=O)[C@]1(OC)[C@H](O)C2)C(=O)C=C(N[C@H]1O[C@@H](C)[C@H](OC)[C@@H](O)[C@H]1C=O)C4=O. The molecule has 0 saturated carbocycles. The second-order valence-electron chi connectivity index (χ2n) is 12.6. The molecule has 0 bridgehead atoms. The van der Waals surface area contributed by atoms with Gasteiger partial charge in [0, 0.05) is 43.4 Å². The Labute approximate surface area is 283 Å². The van der Waals surface area contributed by atoms with Crippen molar-refractivity contribution in [2.75, 3.05) is 21.3 Å². The van der Waals surface area contributed by atoms with Gasteiger partial charge in [0.2, 0.25) is 17.3 Å². The molecule has 1 saturated heterocycles. The third-order valence-electron chi connectivity index (χ3n) is 10.2. The van der Waals surface area contributed by atoms with Crippen molar-refractivity contribution in [3.8, 4) is 11.5 Å². The number of ketones is 4. The Morgan fingerprint density at radius 1 is 1.02 bits per heavy atom. The fourth-order valence-corrected chi connectivity index (χ4v) is 7.80. The molecule has 6 N–H and O–H groups in total. The summed E-state index contributed by atoms with van der Waals surface area (Å²) in [4.78, 5) is 80.9. The van der Waals surface area contributed by atoms with E-state index in [1.54, 1.807) is 6.92 Å². The number of nitrogens with one attached hydrogen (secondary N) is 1. The minimum atomic E-state index is -3.25. The van der Waals surface area contributed by atoms with Crippen LogP contribution in [0, 0.1) is 12.8 Å². The van der Waals surface area contributed by atoms with Crippen LogP contribution in [0.15, 0.2) is 23.9 Å². The van der Waals surface area contributed by atoms with E-state index in [0.717, 1.165) is 26.4 Å². The Hall–Kier alpha value is -4.84. The smallest absolute Gasteiger partial charge is 0.341 e.